The number of thiazole rings is 1. The van der Waals surface area contributed by atoms with Crippen molar-refractivity contribution in [1.82, 2.24) is 4.57 Å². The highest BCUT2D eigenvalue weighted by atomic mass is 35.5. The lowest BCUT2D eigenvalue weighted by Crippen LogP contribution is -2.39. The third kappa shape index (κ3) is 5.52. The van der Waals surface area contributed by atoms with Gasteiger partial charge in [-0.2, -0.15) is 0 Å². The van der Waals surface area contributed by atoms with Gasteiger partial charge in [-0.15, -0.1) is 0 Å². The third-order valence-corrected chi connectivity index (χ3v) is 6.76. The monoisotopic (exact) mass is 540 g/mol. The molecule has 0 bridgehead atoms. The topological polar surface area (TPSA) is 96.2 Å². The average molecular weight is 541 g/mol. The molecule has 1 aromatic heterocycles. The van der Waals surface area contributed by atoms with E-state index in [-0.39, 0.29) is 12.2 Å². The summed E-state index contributed by atoms with van der Waals surface area (Å²) in [4.78, 5) is 43.1. The number of benzene rings is 2. The number of carbonyl (C=O) groups excluding carboxylic acids is 2. The molecule has 0 radical (unpaired) electrons. The maximum Gasteiger partial charge on any atom is 0.338 e. The molecule has 37 heavy (non-hydrogen) atoms. The van der Waals surface area contributed by atoms with Crippen molar-refractivity contribution in [2.24, 2.45) is 4.99 Å². The van der Waals surface area contributed by atoms with Gasteiger partial charge in [0.15, 0.2) is 16.3 Å². The number of fused-ring (bicyclic) bond motifs is 1. The number of rotatable bonds is 7. The highest BCUT2D eigenvalue weighted by molar-refractivity contribution is 7.07. The summed E-state index contributed by atoms with van der Waals surface area (Å²) in [5, 5.41) is 0.539. The Morgan fingerprint density at radius 2 is 1.84 bits per heavy atom. The van der Waals surface area contributed by atoms with Crippen LogP contribution < -0.4 is 24.4 Å². The SMILES string of the molecule is CCOC(=O)C1=C(C)N=c2sc(=Cc3ccc(OC(C)=O)c(OCC)c3)c(=O)n2C1c1ccc(Cl)cc1. The Labute approximate surface area is 222 Å². The van der Waals surface area contributed by atoms with E-state index in [0.29, 0.717) is 54.9 Å². The van der Waals surface area contributed by atoms with Crippen LogP contribution in [0.3, 0.4) is 0 Å². The summed E-state index contributed by atoms with van der Waals surface area (Å²) in [6.45, 7) is 7.16. The number of carbonyl (C=O) groups is 2. The Hall–Kier alpha value is -3.69. The van der Waals surface area contributed by atoms with E-state index in [9.17, 15) is 14.4 Å². The van der Waals surface area contributed by atoms with Crippen LogP contribution in [0.2, 0.25) is 5.02 Å². The van der Waals surface area contributed by atoms with Crippen molar-refractivity contribution < 1.29 is 23.8 Å². The number of nitrogens with zero attached hydrogens (tertiary/aromatic N) is 2. The van der Waals surface area contributed by atoms with Crippen LogP contribution >= 0.6 is 22.9 Å². The maximum absolute atomic E-state index is 13.7. The molecular weight excluding hydrogens is 516 g/mol. The van der Waals surface area contributed by atoms with Gasteiger partial charge in [-0.1, -0.05) is 41.1 Å². The molecule has 0 saturated carbocycles. The van der Waals surface area contributed by atoms with Crippen molar-refractivity contribution in [2.75, 3.05) is 13.2 Å². The molecule has 3 aromatic rings. The van der Waals surface area contributed by atoms with Gasteiger partial charge < -0.3 is 14.2 Å². The van der Waals surface area contributed by atoms with Gasteiger partial charge >= 0.3 is 11.9 Å². The van der Waals surface area contributed by atoms with Crippen LogP contribution in [-0.2, 0) is 14.3 Å². The maximum atomic E-state index is 13.7. The summed E-state index contributed by atoms with van der Waals surface area (Å²) in [5.41, 5.74) is 1.86. The lowest BCUT2D eigenvalue weighted by molar-refractivity contribution is -0.139. The van der Waals surface area contributed by atoms with E-state index in [0.717, 1.165) is 0 Å². The molecule has 192 valence electrons. The number of ether oxygens (including phenoxy) is 3. The molecule has 8 nitrogen and oxygen atoms in total. The highest BCUT2D eigenvalue weighted by Gasteiger charge is 2.33. The number of hydrogen-bond acceptors (Lipinski definition) is 8. The zero-order valence-corrected chi connectivity index (χ0v) is 22.3. The Kier molecular flexibility index (Phi) is 7.94. The Morgan fingerprint density at radius 1 is 1.11 bits per heavy atom. The van der Waals surface area contributed by atoms with Crippen LogP contribution in [0.15, 0.2) is 63.5 Å². The number of aromatic nitrogens is 1. The van der Waals surface area contributed by atoms with Crippen LogP contribution in [-0.4, -0.2) is 29.7 Å². The van der Waals surface area contributed by atoms with Crippen molar-refractivity contribution in [1.29, 1.82) is 0 Å². The second-order valence-electron chi connectivity index (χ2n) is 8.09. The first-order valence-corrected chi connectivity index (χ1v) is 12.8. The molecule has 1 atom stereocenters. The van der Waals surface area contributed by atoms with E-state index < -0.39 is 18.0 Å². The van der Waals surface area contributed by atoms with E-state index in [4.69, 9.17) is 25.8 Å². The van der Waals surface area contributed by atoms with Crippen molar-refractivity contribution >= 4 is 41.0 Å². The molecule has 2 heterocycles. The first-order chi connectivity index (χ1) is 17.7. The Bertz CT molecular complexity index is 1570. The smallest absolute Gasteiger partial charge is 0.338 e. The van der Waals surface area contributed by atoms with Gasteiger partial charge in [0.2, 0.25) is 0 Å². The summed E-state index contributed by atoms with van der Waals surface area (Å²) in [5.74, 6) is -0.304. The van der Waals surface area contributed by atoms with E-state index in [1.165, 1.54) is 22.8 Å². The van der Waals surface area contributed by atoms with Gasteiger partial charge in [0.05, 0.1) is 35.1 Å². The van der Waals surface area contributed by atoms with E-state index >= 15 is 0 Å². The largest absolute Gasteiger partial charge is 0.490 e. The first kappa shape index (κ1) is 26.4. The van der Waals surface area contributed by atoms with E-state index in [1.54, 1.807) is 62.4 Å². The summed E-state index contributed by atoms with van der Waals surface area (Å²) in [6.07, 6.45) is 1.71. The van der Waals surface area contributed by atoms with Gasteiger partial charge in [0, 0.05) is 11.9 Å². The molecule has 1 aliphatic rings. The van der Waals surface area contributed by atoms with Gasteiger partial charge in [0.25, 0.3) is 5.56 Å². The number of halogens is 1. The van der Waals surface area contributed by atoms with Crippen molar-refractivity contribution in [3.63, 3.8) is 0 Å². The third-order valence-electron chi connectivity index (χ3n) is 5.52. The first-order valence-electron chi connectivity index (χ1n) is 11.6. The standard InChI is InChI=1S/C27H25ClN2O6S/c1-5-34-21-13-17(7-12-20(21)36-16(4)31)14-22-25(32)30-24(18-8-10-19(28)11-9-18)23(26(33)35-6-2)15(3)29-27(30)37-22/h7-14,24H,5-6H2,1-4H3. The predicted molar refractivity (Wildman–Crippen MR) is 141 cm³/mol. The minimum absolute atomic E-state index is 0.193. The summed E-state index contributed by atoms with van der Waals surface area (Å²) >= 11 is 7.31. The summed E-state index contributed by atoms with van der Waals surface area (Å²) in [6, 6.07) is 11.3. The fourth-order valence-corrected chi connectivity index (χ4v) is 5.20. The lowest BCUT2D eigenvalue weighted by atomic mass is 9.96. The summed E-state index contributed by atoms with van der Waals surface area (Å²) < 4.78 is 18.1. The highest BCUT2D eigenvalue weighted by Crippen LogP contribution is 2.32. The normalized spacial score (nSPS) is 15.2. The van der Waals surface area contributed by atoms with E-state index in [1.807, 2.05) is 6.92 Å². The lowest BCUT2D eigenvalue weighted by Gasteiger charge is -2.24. The predicted octanol–water partition coefficient (Wildman–Crippen LogP) is 3.78. The average Bonchev–Trinajstić information content (AvgIpc) is 3.14. The zero-order chi connectivity index (χ0) is 26.7. The van der Waals surface area contributed by atoms with Gasteiger partial charge in [-0.3, -0.25) is 14.2 Å². The molecule has 0 fully saturated rings. The summed E-state index contributed by atoms with van der Waals surface area (Å²) in [7, 11) is 0. The second kappa shape index (κ2) is 11.1. The number of allylic oxidation sites excluding steroid dienone is 1. The van der Waals surface area contributed by atoms with Gasteiger partial charge in [0.1, 0.15) is 0 Å². The zero-order valence-electron chi connectivity index (χ0n) is 20.7. The van der Waals surface area contributed by atoms with Crippen molar-refractivity contribution in [3.8, 4) is 11.5 Å². The fraction of sp³-hybridized carbons (Fsp3) is 0.259. The van der Waals surface area contributed by atoms with Crippen LogP contribution in [0.4, 0.5) is 0 Å². The molecule has 4 rings (SSSR count). The quantitative estimate of drug-likeness (QED) is 0.334. The molecule has 1 aliphatic heterocycles. The fourth-order valence-electron chi connectivity index (χ4n) is 4.03. The second-order valence-corrected chi connectivity index (χ2v) is 9.53. The minimum Gasteiger partial charge on any atom is -0.490 e. The van der Waals surface area contributed by atoms with Crippen LogP contribution in [0.25, 0.3) is 6.08 Å². The minimum atomic E-state index is -0.722. The molecule has 2 aromatic carbocycles. The molecule has 10 heteroatoms. The molecule has 1 unspecified atom stereocenters. The molecule has 0 amide bonds. The molecule has 0 N–H and O–H groups in total. The van der Waals surface area contributed by atoms with Crippen LogP contribution in [0.1, 0.15) is 44.9 Å². The molecule has 0 saturated heterocycles. The number of esters is 2. The van der Waals surface area contributed by atoms with Crippen LogP contribution in [0.5, 0.6) is 11.5 Å². The van der Waals surface area contributed by atoms with Crippen molar-refractivity contribution in [2.45, 2.75) is 33.7 Å². The van der Waals surface area contributed by atoms with E-state index in [2.05, 4.69) is 4.99 Å². The van der Waals surface area contributed by atoms with Crippen LogP contribution in [0, 0.1) is 0 Å². The molecule has 0 aliphatic carbocycles. The Morgan fingerprint density at radius 3 is 2.49 bits per heavy atom. The molecule has 0 spiro atoms. The van der Waals surface area contributed by atoms with Gasteiger partial charge in [-0.05, 0) is 62.2 Å². The Balaban J connectivity index is 1.88. The van der Waals surface area contributed by atoms with Crippen molar-refractivity contribution in [3.05, 3.63) is 89.6 Å². The number of hydrogen-bond donors (Lipinski definition) is 0. The van der Waals surface area contributed by atoms with Gasteiger partial charge in [-0.25, -0.2) is 9.79 Å². The molecular formula is C27H25ClN2O6S.